The quantitative estimate of drug-likeness (QED) is 0.899. The molecule has 1 saturated heterocycles. The first-order valence-corrected chi connectivity index (χ1v) is 6.79. The Kier molecular flexibility index (Phi) is 3.52. The number of aromatic nitrogens is 1. The number of nitrogens with zero attached hydrogens (tertiary/aromatic N) is 1. The Labute approximate surface area is 117 Å². The molecule has 1 aromatic carbocycles. The van der Waals surface area contributed by atoms with E-state index in [9.17, 15) is 4.79 Å². The summed E-state index contributed by atoms with van der Waals surface area (Å²) < 4.78 is 5.46. The molecule has 0 bridgehead atoms. The minimum atomic E-state index is -0.0633. The number of carbonyl (C=O) groups is 1. The van der Waals surface area contributed by atoms with E-state index in [-0.39, 0.29) is 11.9 Å². The summed E-state index contributed by atoms with van der Waals surface area (Å²) in [6.07, 6.45) is 3.66. The molecular formula is C15H17N3O2. The summed E-state index contributed by atoms with van der Waals surface area (Å²) in [4.78, 5) is 16.0. The number of nitrogens with one attached hydrogen (secondary N) is 2. The minimum Gasteiger partial charge on any atom is -0.441 e. The summed E-state index contributed by atoms with van der Waals surface area (Å²) in [6.45, 7) is 2.73. The molecule has 3 rings (SSSR count). The fourth-order valence-corrected chi connectivity index (χ4v) is 2.35. The van der Waals surface area contributed by atoms with Crippen molar-refractivity contribution in [2.45, 2.75) is 25.8 Å². The molecule has 104 valence electrons. The summed E-state index contributed by atoms with van der Waals surface area (Å²) in [5, 5.41) is 6.10. The lowest BCUT2D eigenvalue weighted by Gasteiger charge is -2.11. The van der Waals surface area contributed by atoms with Gasteiger partial charge in [0.25, 0.3) is 0 Å². The molecule has 0 aliphatic carbocycles. The molecule has 1 aromatic heterocycles. The molecule has 1 amide bonds. The average Bonchev–Trinajstić information content (AvgIpc) is 3.10. The largest absolute Gasteiger partial charge is 0.441 e. The van der Waals surface area contributed by atoms with Crippen LogP contribution in [0, 0.1) is 6.92 Å². The van der Waals surface area contributed by atoms with Crippen molar-refractivity contribution in [1.29, 1.82) is 0 Å². The lowest BCUT2D eigenvalue weighted by Crippen LogP contribution is -2.35. The molecule has 0 spiro atoms. The van der Waals surface area contributed by atoms with Crippen molar-refractivity contribution in [1.82, 2.24) is 10.3 Å². The van der Waals surface area contributed by atoms with Crippen LogP contribution in [0.1, 0.15) is 18.7 Å². The van der Waals surface area contributed by atoms with Crippen LogP contribution in [0.4, 0.5) is 5.69 Å². The zero-order valence-corrected chi connectivity index (χ0v) is 11.3. The fourth-order valence-electron chi connectivity index (χ4n) is 2.35. The Bertz CT molecular complexity index is 598. The zero-order chi connectivity index (χ0) is 13.9. The summed E-state index contributed by atoms with van der Waals surface area (Å²) >= 11 is 0. The van der Waals surface area contributed by atoms with Gasteiger partial charge in [0.2, 0.25) is 5.91 Å². The molecule has 1 fully saturated rings. The van der Waals surface area contributed by atoms with Gasteiger partial charge in [-0.1, -0.05) is 0 Å². The van der Waals surface area contributed by atoms with E-state index in [4.69, 9.17) is 4.42 Å². The van der Waals surface area contributed by atoms with Crippen molar-refractivity contribution in [2.75, 3.05) is 11.9 Å². The highest BCUT2D eigenvalue weighted by molar-refractivity contribution is 5.95. The van der Waals surface area contributed by atoms with Crippen molar-refractivity contribution >= 4 is 11.6 Å². The third-order valence-electron chi connectivity index (χ3n) is 3.44. The molecule has 1 aliphatic rings. The molecule has 1 unspecified atom stereocenters. The normalized spacial score (nSPS) is 18.1. The van der Waals surface area contributed by atoms with Gasteiger partial charge in [0.1, 0.15) is 0 Å². The Hall–Kier alpha value is -2.14. The van der Waals surface area contributed by atoms with E-state index in [1.165, 1.54) is 0 Å². The third-order valence-corrected chi connectivity index (χ3v) is 3.44. The number of oxazole rings is 1. The van der Waals surface area contributed by atoms with E-state index < -0.39 is 0 Å². The molecule has 20 heavy (non-hydrogen) atoms. The molecule has 1 aliphatic heterocycles. The third kappa shape index (κ3) is 2.72. The second kappa shape index (κ2) is 5.46. The van der Waals surface area contributed by atoms with Crippen molar-refractivity contribution in [2.24, 2.45) is 0 Å². The van der Waals surface area contributed by atoms with Crippen LogP contribution in [0.25, 0.3) is 11.3 Å². The van der Waals surface area contributed by atoms with Crippen LogP contribution in [0.15, 0.2) is 34.9 Å². The Morgan fingerprint density at radius 1 is 1.40 bits per heavy atom. The maximum absolute atomic E-state index is 12.0. The van der Waals surface area contributed by atoms with Gasteiger partial charge in [-0.2, -0.15) is 0 Å². The monoisotopic (exact) mass is 271 g/mol. The molecule has 2 heterocycles. The molecule has 0 saturated carbocycles. The molecule has 1 atom stereocenters. The van der Waals surface area contributed by atoms with E-state index in [1.54, 1.807) is 6.20 Å². The molecule has 5 nitrogen and oxygen atoms in total. The molecular weight excluding hydrogens is 254 g/mol. The molecule has 2 aromatic rings. The Balaban J connectivity index is 1.68. The number of aryl methyl sites for hydroxylation is 1. The maximum Gasteiger partial charge on any atom is 0.241 e. The van der Waals surface area contributed by atoms with Crippen LogP contribution in [-0.2, 0) is 4.79 Å². The second-order valence-electron chi connectivity index (χ2n) is 4.96. The number of hydrogen-bond donors (Lipinski definition) is 2. The van der Waals surface area contributed by atoms with Crippen LogP contribution < -0.4 is 10.6 Å². The summed E-state index contributed by atoms with van der Waals surface area (Å²) in [5.41, 5.74) is 1.74. The van der Waals surface area contributed by atoms with Crippen molar-refractivity contribution in [3.05, 3.63) is 36.4 Å². The lowest BCUT2D eigenvalue weighted by molar-refractivity contribution is -0.117. The average molecular weight is 271 g/mol. The Morgan fingerprint density at radius 3 is 2.80 bits per heavy atom. The minimum absolute atomic E-state index is 0.0331. The SMILES string of the molecule is Cc1ncc(-c2ccc(NC(=O)C3CCCN3)cc2)o1. The molecule has 5 heteroatoms. The number of benzene rings is 1. The van der Waals surface area contributed by atoms with E-state index >= 15 is 0 Å². The van der Waals surface area contributed by atoms with Gasteiger partial charge in [-0.15, -0.1) is 0 Å². The van der Waals surface area contributed by atoms with Crippen LogP contribution in [-0.4, -0.2) is 23.5 Å². The van der Waals surface area contributed by atoms with Gasteiger partial charge < -0.3 is 15.1 Å². The summed E-state index contributed by atoms with van der Waals surface area (Å²) in [7, 11) is 0. The van der Waals surface area contributed by atoms with E-state index in [0.717, 1.165) is 36.4 Å². The van der Waals surface area contributed by atoms with E-state index in [0.29, 0.717) is 5.89 Å². The first kappa shape index (κ1) is 12.9. The smallest absolute Gasteiger partial charge is 0.241 e. The second-order valence-corrected chi connectivity index (χ2v) is 4.96. The molecule has 2 N–H and O–H groups in total. The number of hydrogen-bond acceptors (Lipinski definition) is 4. The van der Waals surface area contributed by atoms with Crippen molar-refractivity contribution in [3.63, 3.8) is 0 Å². The van der Waals surface area contributed by atoms with Gasteiger partial charge in [-0.05, 0) is 43.7 Å². The number of carbonyl (C=O) groups excluding carboxylic acids is 1. The van der Waals surface area contributed by atoms with Gasteiger partial charge >= 0.3 is 0 Å². The standard InChI is InChI=1S/C15H17N3O2/c1-10-17-9-14(20-10)11-4-6-12(7-5-11)18-15(19)13-3-2-8-16-13/h4-7,9,13,16H,2-3,8H2,1H3,(H,18,19). The first-order valence-electron chi connectivity index (χ1n) is 6.79. The number of amides is 1. The molecule has 0 radical (unpaired) electrons. The van der Waals surface area contributed by atoms with Gasteiger partial charge in [0.05, 0.1) is 12.2 Å². The van der Waals surface area contributed by atoms with Crippen LogP contribution in [0.3, 0.4) is 0 Å². The first-order chi connectivity index (χ1) is 9.72. The Morgan fingerprint density at radius 2 is 2.20 bits per heavy atom. The topological polar surface area (TPSA) is 67.2 Å². The predicted octanol–water partition coefficient (Wildman–Crippen LogP) is 2.34. The highest BCUT2D eigenvalue weighted by Gasteiger charge is 2.21. The van der Waals surface area contributed by atoms with Crippen molar-refractivity contribution < 1.29 is 9.21 Å². The number of anilines is 1. The highest BCUT2D eigenvalue weighted by atomic mass is 16.4. The van der Waals surface area contributed by atoms with Crippen LogP contribution in [0.2, 0.25) is 0 Å². The zero-order valence-electron chi connectivity index (χ0n) is 11.3. The van der Waals surface area contributed by atoms with Gasteiger partial charge in [0.15, 0.2) is 11.7 Å². The van der Waals surface area contributed by atoms with Gasteiger partial charge in [-0.25, -0.2) is 4.98 Å². The lowest BCUT2D eigenvalue weighted by atomic mass is 10.1. The maximum atomic E-state index is 12.0. The number of rotatable bonds is 3. The van der Waals surface area contributed by atoms with Crippen LogP contribution in [0.5, 0.6) is 0 Å². The summed E-state index contributed by atoms with van der Waals surface area (Å²) in [5.74, 6) is 1.41. The van der Waals surface area contributed by atoms with Gasteiger partial charge in [0, 0.05) is 18.2 Å². The fraction of sp³-hybridized carbons (Fsp3) is 0.333. The summed E-state index contributed by atoms with van der Waals surface area (Å²) in [6, 6.07) is 7.52. The van der Waals surface area contributed by atoms with E-state index in [1.807, 2.05) is 31.2 Å². The van der Waals surface area contributed by atoms with Crippen molar-refractivity contribution in [3.8, 4) is 11.3 Å². The van der Waals surface area contributed by atoms with E-state index in [2.05, 4.69) is 15.6 Å². The van der Waals surface area contributed by atoms with Gasteiger partial charge in [-0.3, -0.25) is 4.79 Å². The predicted molar refractivity (Wildman–Crippen MR) is 76.3 cm³/mol. The van der Waals surface area contributed by atoms with Crippen LogP contribution >= 0.6 is 0 Å². The highest BCUT2D eigenvalue weighted by Crippen LogP contribution is 2.22.